The van der Waals surface area contributed by atoms with Crippen LogP contribution in [0.3, 0.4) is 0 Å². The van der Waals surface area contributed by atoms with Crippen molar-refractivity contribution in [2.45, 2.75) is 19.4 Å². The molecule has 0 saturated heterocycles. The van der Waals surface area contributed by atoms with Gasteiger partial charge in [0, 0.05) is 42.3 Å². The number of aliphatic hydroxyl groups is 1. The van der Waals surface area contributed by atoms with Gasteiger partial charge in [0.15, 0.2) is 29.6 Å². The molecule has 1 unspecified atom stereocenters. The Morgan fingerprint density at radius 1 is 1.18 bits per heavy atom. The molecule has 0 aliphatic heterocycles. The average molecular weight is 625 g/mol. The zero-order valence-corrected chi connectivity index (χ0v) is 24.0. The number of nitrogens with two attached hydrogens (primary N) is 1. The minimum Gasteiger partial charge on any atom is -0.483 e. The van der Waals surface area contributed by atoms with Crippen molar-refractivity contribution in [2.75, 3.05) is 31.6 Å². The van der Waals surface area contributed by atoms with E-state index in [1.165, 1.54) is 24.5 Å². The van der Waals surface area contributed by atoms with Gasteiger partial charge < -0.3 is 36.6 Å². The molecule has 4 rings (SSSR count). The number of nitrogens with zero attached hydrogens (tertiary/aromatic N) is 4. The summed E-state index contributed by atoms with van der Waals surface area (Å²) in [6.07, 6.45) is 4.98. The summed E-state index contributed by atoms with van der Waals surface area (Å²) >= 11 is 0. The first-order valence-electron chi connectivity index (χ1n) is 13.4. The maximum absolute atomic E-state index is 14.9. The molecule has 0 radical (unpaired) electrons. The molecule has 4 aromatic rings. The van der Waals surface area contributed by atoms with Crippen molar-refractivity contribution in [3.8, 4) is 23.1 Å². The highest BCUT2D eigenvalue weighted by atomic mass is 19.2. The van der Waals surface area contributed by atoms with Crippen LogP contribution in [0.25, 0.3) is 16.9 Å². The van der Waals surface area contributed by atoms with Gasteiger partial charge in [0.1, 0.15) is 12.1 Å². The van der Waals surface area contributed by atoms with E-state index in [1.54, 1.807) is 34.9 Å². The number of halogens is 2. The van der Waals surface area contributed by atoms with Crippen LogP contribution in [0.5, 0.6) is 5.75 Å². The Balaban J connectivity index is 0.00000177. The largest absolute Gasteiger partial charge is 0.483 e. The number of carbonyl (C=O) groups is 3. The first-order valence-corrected chi connectivity index (χ1v) is 13.4. The summed E-state index contributed by atoms with van der Waals surface area (Å²) in [4.78, 5) is 41.4. The average Bonchev–Trinajstić information content (AvgIpc) is 3.48. The summed E-state index contributed by atoms with van der Waals surface area (Å²) in [6.45, 7) is 1.07. The van der Waals surface area contributed by atoms with Gasteiger partial charge in [-0.15, -0.1) is 0 Å². The van der Waals surface area contributed by atoms with E-state index < -0.39 is 36.8 Å². The Bertz CT molecular complexity index is 1710. The van der Waals surface area contributed by atoms with Gasteiger partial charge in [-0.1, -0.05) is 6.92 Å². The second kappa shape index (κ2) is 16.3. The third-order valence-electron chi connectivity index (χ3n) is 6.28. The predicted molar refractivity (Wildman–Crippen MR) is 158 cm³/mol. The van der Waals surface area contributed by atoms with Crippen LogP contribution in [0.4, 0.5) is 20.3 Å². The van der Waals surface area contributed by atoms with Gasteiger partial charge in [0.05, 0.1) is 18.5 Å². The summed E-state index contributed by atoms with van der Waals surface area (Å²) in [5, 5.41) is 32.9. The van der Waals surface area contributed by atoms with Crippen LogP contribution in [0.2, 0.25) is 0 Å². The lowest BCUT2D eigenvalue weighted by molar-refractivity contribution is -0.123. The monoisotopic (exact) mass is 624 g/mol. The molecule has 14 nitrogen and oxygen atoms in total. The molecule has 45 heavy (non-hydrogen) atoms. The number of aromatic nitrogens is 3. The summed E-state index contributed by atoms with van der Waals surface area (Å²) < 4.78 is 35.9. The van der Waals surface area contributed by atoms with Crippen molar-refractivity contribution in [2.24, 2.45) is 5.73 Å². The molecule has 2 amide bonds. The topological polar surface area (TPSA) is 217 Å². The van der Waals surface area contributed by atoms with Crippen molar-refractivity contribution in [3.05, 3.63) is 71.7 Å². The maximum atomic E-state index is 14.9. The third kappa shape index (κ3) is 8.25. The van der Waals surface area contributed by atoms with E-state index in [1.807, 2.05) is 6.92 Å². The third-order valence-corrected chi connectivity index (χ3v) is 6.28. The van der Waals surface area contributed by atoms with Crippen molar-refractivity contribution in [1.29, 1.82) is 5.26 Å². The number of imidazole rings is 1. The Morgan fingerprint density at radius 2 is 1.91 bits per heavy atom. The van der Waals surface area contributed by atoms with Crippen LogP contribution in [0.1, 0.15) is 22.8 Å². The zero-order valence-electron chi connectivity index (χ0n) is 24.0. The van der Waals surface area contributed by atoms with E-state index in [0.717, 1.165) is 5.56 Å². The Labute approximate surface area is 255 Å². The molecule has 16 heteroatoms. The van der Waals surface area contributed by atoms with Crippen molar-refractivity contribution in [1.82, 2.24) is 25.0 Å². The van der Waals surface area contributed by atoms with Gasteiger partial charge in [-0.05, 0) is 42.3 Å². The number of fused-ring (bicyclic) bond motifs is 1. The maximum Gasteiger partial charge on any atom is 0.290 e. The van der Waals surface area contributed by atoms with E-state index >= 15 is 0 Å². The molecule has 2 aromatic heterocycles. The molecule has 0 saturated carbocycles. The molecule has 0 fully saturated rings. The van der Waals surface area contributed by atoms with E-state index in [9.17, 15) is 18.4 Å². The SMILES string of the molecule is CCc1cc(Nc2nccn3c(-c4ccc(OCC#N)c(F)c4F)cnc23)ccc1C(=O)NCCNC(=O)C(N)CO.O=CO. The number of anilines is 2. The number of hydrogen-bond acceptors (Lipinski definition) is 10. The molecule has 1 atom stereocenters. The molecule has 0 bridgehead atoms. The van der Waals surface area contributed by atoms with E-state index in [4.69, 9.17) is 30.7 Å². The van der Waals surface area contributed by atoms with Crippen LogP contribution >= 0.6 is 0 Å². The molecule has 0 aliphatic carbocycles. The molecular weight excluding hydrogens is 594 g/mol. The number of amides is 2. The number of benzene rings is 2. The van der Waals surface area contributed by atoms with Crippen molar-refractivity contribution in [3.63, 3.8) is 0 Å². The van der Waals surface area contributed by atoms with Crippen LogP contribution in [0.15, 0.2) is 48.9 Å². The molecule has 0 spiro atoms. The minimum absolute atomic E-state index is 0.0547. The lowest BCUT2D eigenvalue weighted by Gasteiger charge is -2.13. The number of nitrogens with one attached hydrogen (secondary N) is 3. The lowest BCUT2D eigenvalue weighted by atomic mass is 10.0. The molecule has 0 aliphatic rings. The molecule has 2 heterocycles. The van der Waals surface area contributed by atoms with E-state index in [0.29, 0.717) is 29.1 Å². The molecule has 236 valence electrons. The highest BCUT2D eigenvalue weighted by Crippen LogP contribution is 2.32. The summed E-state index contributed by atoms with van der Waals surface area (Å²) in [5.74, 6) is -3.21. The van der Waals surface area contributed by atoms with Crippen molar-refractivity contribution < 1.29 is 38.1 Å². The number of carbonyl (C=O) groups excluding carboxylic acids is 2. The molecule has 7 N–H and O–H groups in total. The first-order chi connectivity index (χ1) is 21.7. The summed E-state index contributed by atoms with van der Waals surface area (Å²) in [5.41, 5.74) is 7.82. The van der Waals surface area contributed by atoms with E-state index in [2.05, 4.69) is 25.9 Å². The zero-order chi connectivity index (χ0) is 32.9. The van der Waals surface area contributed by atoms with Crippen LogP contribution in [-0.4, -0.2) is 75.2 Å². The highest BCUT2D eigenvalue weighted by molar-refractivity contribution is 5.96. The highest BCUT2D eigenvalue weighted by Gasteiger charge is 2.20. The quantitative estimate of drug-likeness (QED) is 0.0985. The molecule has 2 aromatic carbocycles. The fourth-order valence-electron chi connectivity index (χ4n) is 4.15. The van der Waals surface area contributed by atoms with Crippen LogP contribution < -0.4 is 26.4 Å². The van der Waals surface area contributed by atoms with Gasteiger partial charge in [-0.25, -0.2) is 14.4 Å². The predicted octanol–water partition coefficient (Wildman–Crippen LogP) is 1.75. The summed E-state index contributed by atoms with van der Waals surface area (Å²) in [6, 6.07) is 8.42. The number of carboxylic acid groups (broad SMARTS) is 1. The van der Waals surface area contributed by atoms with Gasteiger partial charge in [0.2, 0.25) is 11.7 Å². The van der Waals surface area contributed by atoms with Crippen LogP contribution in [0, 0.1) is 23.0 Å². The van der Waals surface area contributed by atoms with Crippen LogP contribution in [-0.2, 0) is 16.0 Å². The normalized spacial score (nSPS) is 11.0. The number of hydrogen-bond donors (Lipinski definition) is 6. The molecular formula is C29H30F2N8O6. The standard InChI is InChI=1S/C28H28F2N8O4.CH2O2/c1-2-16-13-17(3-4-18(16)27(40)34-8-9-35-28(41)20(32)15-39)37-25-26-36-14-21(38(26)11-10-33-25)19-5-6-22(42-12-7-31)24(30)23(19)29;2-1-3/h3-6,10-11,13-14,20,39H,2,8-9,12,15,32H2,1H3,(H,33,37)(H,34,40)(H,35,41);1H,(H,2,3). The van der Waals surface area contributed by atoms with Gasteiger partial charge in [-0.2, -0.15) is 9.65 Å². The summed E-state index contributed by atoms with van der Waals surface area (Å²) in [7, 11) is 0. The number of nitriles is 1. The number of rotatable bonds is 12. The van der Waals surface area contributed by atoms with E-state index in [-0.39, 0.29) is 42.5 Å². The minimum atomic E-state index is -1.21. The number of ether oxygens (including phenoxy) is 1. The van der Waals surface area contributed by atoms with Gasteiger partial charge in [0.25, 0.3) is 12.4 Å². The van der Waals surface area contributed by atoms with Crippen molar-refractivity contribution >= 4 is 35.4 Å². The fraction of sp³-hybridized carbons (Fsp3) is 0.241. The van der Waals surface area contributed by atoms with Gasteiger partial charge >= 0.3 is 0 Å². The Morgan fingerprint density at radius 3 is 2.60 bits per heavy atom. The Kier molecular flexibility index (Phi) is 12.2. The number of aryl methyl sites for hydroxylation is 1. The lowest BCUT2D eigenvalue weighted by Crippen LogP contribution is -2.45. The van der Waals surface area contributed by atoms with Gasteiger partial charge in [-0.3, -0.25) is 18.8 Å². The first kappa shape index (κ1) is 33.8. The smallest absolute Gasteiger partial charge is 0.290 e. The second-order valence-corrected chi connectivity index (χ2v) is 9.09. The Hall–Kier alpha value is -5.66. The number of aliphatic hydroxyl groups excluding tert-OH is 1. The fourth-order valence-corrected chi connectivity index (χ4v) is 4.15. The second-order valence-electron chi connectivity index (χ2n) is 9.09.